The Kier molecular flexibility index (Phi) is 4.23. The highest BCUT2D eigenvalue weighted by Crippen LogP contribution is 2.21. The summed E-state index contributed by atoms with van der Waals surface area (Å²) in [4.78, 5) is 6.86. The lowest BCUT2D eigenvalue weighted by Gasteiger charge is -2.22. The van der Waals surface area contributed by atoms with Gasteiger partial charge in [0.2, 0.25) is 0 Å². The monoisotopic (exact) mass is 247 g/mol. The molecular formula is C15H25N3. The van der Waals surface area contributed by atoms with E-state index in [1.807, 2.05) is 6.20 Å². The molecule has 0 unspecified atom stereocenters. The molecule has 1 aliphatic rings. The fourth-order valence-corrected chi connectivity index (χ4v) is 2.31. The van der Waals surface area contributed by atoms with Gasteiger partial charge in [0.1, 0.15) is 5.82 Å². The Morgan fingerprint density at radius 2 is 2.17 bits per heavy atom. The van der Waals surface area contributed by atoms with Crippen molar-refractivity contribution in [3.05, 3.63) is 23.4 Å². The van der Waals surface area contributed by atoms with Gasteiger partial charge in [-0.05, 0) is 42.9 Å². The summed E-state index contributed by atoms with van der Waals surface area (Å²) in [6.45, 7) is 8.62. The first-order valence-electron chi connectivity index (χ1n) is 6.96. The minimum absolute atomic E-state index is 0.660. The van der Waals surface area contributed by atoms with Crippen LogP contribution in [-0.4, -0.2) is 24.6 Å². The third-order valence-corrected chi connectivity index (χ3v) is 3.28. The van der Waals surface area contributed by atoms with Gasteiger partial charge in [0.15, 0.2) is 0 Å². The molecule has 3 nitrogen and oxygen atoms in total. The van der Waals surface area contributed by atoms with Gasteiger partial charge in [0.05, 0.1) is 0 Å². The van der Waals surface area contributed by atoms with E-state index in [4.69, 9.17) is 0 Å². The lowest BCUT2D eigenvalue weighted by Crippen LogP contribution is -2.24. The molecule has 1 aromatic rings. The maximum atomic E-state index is 4.62. The maximum Gasteiger partial charge on any atom is 0.131 e. The summed E-state index contributed by atoms with van der Waals surface area (Å²) in [6.07, 6.45) is 4.68. The third kappa shape index (κ3) is 3.70. The van der Waals surface area contributed by atoms with Crippen LogP contribution in [0.1, 0.15) is 37.8 Å². The van der Waals surface area contributed by atoms with Crippen molar-refractivity contribution in [1.29, 1.82) is 0 Å². The number of nitrogens with zero attached hydrogens (tertiary/aromatic N) is 2. The Labute approximate surface area is 111 Å². The van der Waals surface area contributed by atoms with Crippen LogP contribution in [0.2, 0.25) is 0 Å². The number of aromatic nitrogens is 1. The van der Waals surface area contributed by atoms with E-state index in [0.29, 0.717) is 5.92 Å². The van der Waals surface area contributed by atoms with Crippen molar-refractivity contribution in [2.24, 2.45) is 5.92 Å². The summed E-state index contributed by atoms with van der Waals surface area (Å²) in [5.41, 5.74) is 2.56. The first kappa shape index (κ1) is 13.3. The molecule has 1 saturated carbocycles. The predicted octanol–water partition coefficient (Wildman–Crippen LogP) is 2.73. The summed E-state index contributed by atoms with van der Waals surface area (Å²) < 4.78 is 0. The molecule has 0 saturated heterocycles. The van der Waals surface area contributed by atoms with Gasteiger partial charge in [-0.3, -0.25) is 0 Å². The number of pyridine rings is 1. The second-order valence-corrected chi connectivity index (χ2v) is 5.91. The van der Waals surface area contributed by atoms with E-state index in [1.54, 1.807) is 0 Å². The highest BCUT2D eigenvalue weighted by atomic mass is 15.2. The van der Waals surface area contributed by atoms with Crippen LogP contribution in [0.4, 0.5) is 5.82 Å². The number of rotatable bonds is 6. The van der Waals surface area contributed by atoms with Gasteiger partial charge in [0, 0.05) is 32.4 Å². The summed E-state index contributed by atoms with van der Waals surface area (Å²) in [5.74, 6) is 1.77. The summed E-state index contributed by atoms with van der Waals surface area (Å²) in [7, 11) is 2.12. The fraction of sp³-hybridized carbons (Fsp3) is 0.667. The molecule has 0 spiro atoms. The second kappa shape index (κ2) is 5.70. The number of aryl methyl sites for hydroxylation is 1. The molecule has 0 bridgehead atoms. The van der Waals surface area contributed by atoms with Crippen molar-refractivity contribution in [2.45, 2.75) is 46.2 Å². The average molecular weight is 247 g/mol. The van der Waals surface area contributed by atoms with Crippen LogP contribution in [0, 0.1) is 12.8 Å². The summed E-state index contributed by atoms with van der Waals surface area (Å²) in [6, 6.07) is 3.02. The van der Waals surface area contributed by atoms with Crippen LogP contribution in [0.5, 0.6) is 0 Å². The van der Waals surface area contributed by atoms with Crippen LogP contribution in [0.3, 0.4) is 0 Å². The van der Waals surface area contributed by atoms with Crippen LogP contribution < -0.4 is 10.2 Å². The zero-order valence-corrected chi connectivity index (χ0v) is 12.0. The largest absolute Gasteiger partial charge is 0.359 e. The smallest absolute Gasteiger partial charge is 0.131 e. The van der Waals surface area contributed by atoms with E-state index < -0.39 is 0 Å². The number of hydrogen-bond donors (Lipinski definition) is 1. The van der Waals surface area contributed by atoms with Crippen molar-refractivity contribution in [3.8, 4) is 0 Å². The molecule has 0 aliphatic heterocycles. The molecule has 3 heteroatoms. The van der Waals surface area contributed by atoms with Gasteiger partial charge in [-0.15, -0.1) is 0 Å². The van der Waals surface area contributed by atoms with E-state index in [1.165, 1.54) is 24.0 Å². The van der Waals surface area contributed by atoms with Crippen LogP contribution >= 0.6 is 0 Å². The molecule has 0 radical (unpaired) electrons. The first-order valence-corrected chi connectivity index (χ1v) is 6.96. The van der Waals surface area contributed by atoms with Crippen LogP contribution in [-0.2, 0) is 6.54 Å². The first-order chi connectivity index (χ1) is 8.56. The van der Waals surface area contributed by atoms with Gasteiger partial charge < -0.3 is 10.2 Å². The molecule has 100 valence electrons. The normalized spacial score (nSPS) is 15.2. The van der Waals surface area contributed by atoms with Crippen molar-refractivity contribution < 1.29 is 0 Å². The third-order valence-electron chi connectivity index (χ3n) is 3.28. The Morgan fingerprint density at radius 1 is 1.44 bits per heavy atom. The molecule has 0 aromatic carbocycles. The van der Waals surface area contributed by atoms with Crippen molar-refractivity contribution in [2.75, 3.05) is 18.5 Å². The van der Waals surface area contributed by atoms with E-state index in [-0.39, 0.29) is 0 Å². The van der Waals surface area contributed by atoms with E-state index in [9.17, 15) is 0 Å². The van der Waals surface area contributed by atoms with Gasteiger partial charge in [-0.2, -0.15) is 0 Å². The molecule has 1 heterocycles. The lowest BCUT2D eigenvalue weighted by atomic mass is 10.1. The maximum absolute atomic E-state index is 4.62. The van der Waals surface area contributed by atoms with Crippen molar-refractivity contribution >= 4 is 5.82 Å². The van der Waals surface area contributed by atoms with E-state index >= 15 is 0 Å². The number of hydrogen-bond acceptors (Lipinski definition) is 3. The summed E-state index contributed by atoms with van der Waals surface area (Å²) in [5, 5.41) is 3.53. The van der Waals surface area contributed by atoms with Crippen molar-refractivity contribution in [1.82, 2.24) is 10.3 Å². The van der Waals surface area contributed by atoms with Crippen LogP contribution in [0.25, 0.3) is 0 Å². The Balaban J connectivity index is 1.99. The van der Waals surface area contributed by atoms with E-state index in [2.05, 4.69) is 49.1 Å². The standard InChI is InChI=1S/C15H25N3/c1-11(2)10-18(4)15-12(3)7-13(9-17-15)8-16-14-5-6-14/h7,9,11,14,16H,5-6,8,10H2,1-4H3. The molecule has 18 heavy (non-hydrogen) atoms. The zero-order valence-electron chi connectivity index (χ0n) is 12.0. The van der Waals surface area contributed by atoms with Crippen LogP contribution in [0.15, 0.2) is 12.3 Å². The Hall–Kier alpha value is -1.09. The Bertz CT molecular complexity index is 397. The molecule has 1 fully saturated rings. The molecule has 1 aromatic heterocycles. The second-order valence-electron chi connectivity index (χ2n) is 5.91. The molecule has 2 rings (SSSR count). The highest BCUT2D eigenvalue weighted by Gasteiger charge is 2.20. The SMILES string of the molecule is Cc1cc(CNC2CC2)cnc1N(C)CC(C)C. The highest BCUT2D eigenvalue weighted by molar-refractivity contribution is 5.46. The topological polar surface area (TPSA) is 28.2 Å². The molecule has 0 amide bonds. The molecule has 0 atom stereocenters. The minimum Gasteiger partial charge on any atom is -0.359 e. The van der Waals surface area contributed by atoms with Gasteiger partial charge in [-0.1, -0.05) is 13.8 Å². The lowest BCUT2D eigenvalue weighted by molar-refractivity contribution is 0.633. The zero-order chi connectivity index (χ0) is 13.1. The quantitative estimate of drug-likeness (QED) is 0.838. The Morgan fingerprint density at radius 3 is 2.72 bits per heavy atom. The number of nitrogens with one attached hydrogen (secondary N) is 1. The van der Waals surface area contributed by atoms with Crippen molar-refractivity contribution in [3.63, 3.8) is 0 Å². The molecular weight excluding hydrogens is 222 g/mol. The molecule has 1 aliphatic carbocycles. The number of anilines is 1. The van der Waals surface area contributed by atoms with E-state index in [0.717, 1.165) is 24.9 Å². The fourth-order valence-electron chi connectivity index (χ4n) is 2.31. The van der Waals surface area contributed by atoms with Gasteiger partial charge in [-0.25, -0.2) is 4.98 Å². The van der Waals surface area contributed by atoms with Gasteiger partial charge in [0.25, 0.3) is 0 Å². The summed E-state index contributed by atoms with van der Waals surface area (Å²) >= 11 is 0. The predicted molar refractivity (Wildman–Crippen MR) is 76.9 cm³/mol. The van der Waals surface area contributed by atoms with Gasteiger partial charge >= 0.3 is 0 Å². The minimum atomic E-state index is 0.660. The molecule has 1 N–H and O–H groups in total. The average Bonchev–Trinajstić information content (AvgIpc) is 3.09.